The molecule has 0 aliphatic heterocycles. The van der Waals surface area contributed by atoms with E-state index < -0.39 is 0 Å². The molecule has 0 atom stereocenters. The van der Waals surface area contributed by atoms with Crippen molar-refractivity contribution in [1.29, 1.82) is 0 Å². The lowest BCUT2D eigenvalue weighted by Gasteiger charge is -2.12. The summed E-state index contributed by atoms with van der Waals surface area (Å²) in [5.74, 6) is 0.956. The van der Waals surface area contributed by atoms with Crippen LogP contribution in [0.25, 0.3) is 0 Å². The van der Waals surface area contributed by atoms with E-state index in [1.807, 2.05) is 19.9 Å². The van der Waals surface area contributed by atoms with E-state index in [9.17, 15) is 0 Å². The van der Waals surface area contributed by atoms with Crippen molar-refractivity contribution in [2.24, 2.45) is 0 Å². The number of rotatable bonds is 10. The minimum Gasteiger partial charge on any atom is -0.489 e. The van der Waals surface area contributed by atoms with Crippen molar-refractivity contribution in [1.82, 2.24) is 0 Å². The van der Waals surface area contributed by atoms with Crippen LogP contribution >= 0.6 is 0 Å². The number of hydrogen-bond acceptors (Lipinski definition) is 1. The minimum absolute atomic E-state index is 0.627. The molecule has 0 aromatic carbocycles. The highest BCUT2D eigenvalue weighted by Gasteiger charge is 2.02. The molecule has 0 N–H and O–H groups in total. The molecule has 0 fully saturated rings. The first kappa shape index (κ1) is 17.8. The fraction of sp³-hybridized carbons (Fsp3) is 0.556. The van der Waals surface area contributed by atoms with Crippen LogP contribution in [0.5, 0.6) is 0 Å². The second-order valence-electron chi connectivity index (χ2n) is 5.20. The van der Waals surface area contributed by atoms with Crippen molar-refractivity contribution in [2.45, 2.75) is 59.8 Å². The van der Waals surface area contributed by atoms with Crippen molar-refractivity contribution >= 4 is 0 Å². The predicted molar refractivity (Wildman–Crippen MR) is 86.2 cm³/mol. The first-order valence-electron chi connectivity index (χ1n) is 7.28. The maximum Gasteiger partial charge on any atom is 0.118 e. The summed E-state index contributed by atoms with van der Waals surface area (Å²) in [6.07, 6.45) is 9.89. The van der Waals surface area contributed by atoms with Gasteiger partial charge in [0.2, 0.25) is 0 Å². The first-order valence-corrected chi connectivity index (χ1v) is 7.28. The molecule has 0 bridgehead atoms. The van der Waals surface area contributed by atoms with Crippen LogP contribution in [0.2, 0.25) is 0 Å². The van der Waals surface area contributed by atoms with E-state index in [4.69, 9.17) is 4.74 Å². The number of hydrogen-bond donors (Lipinski definition) is 0. The van der Waals surface area contributed by atoms with Gasteiger partial charge in [0.25, 0.3) is 0 Å². The summed E-state index contributed by atoms with van der Waals surface area (Å²) < 4.78 is 5.84. The van der Waals surface area contributed by atoms with Crippen molar-refractivity contribution < 1.29 is 4.74 Å². The van der Waals surface area contributed by atoms with E-state index in [-0.39, 0.29) is 0 Å². The molecule has 0 spiro atoms. The predicted octanol–water partition coefficient (Wildman–Crippen LogP) is 5.96. The van der Waals surface area contributed by atoms with Gasteiger partial charge in [-0.2, -0.15) is 0 Å². The van der Waals surface area contributed by atoms with Crippen LogP contribution in [-0.4, -0.2) is 6.61 Å². The summed E-state index contributed by atoms with van der Waals surface area (Å²) in [5.41, 5.74) is 3.52. The molecule has 1 heteroatoms. The largest absolute Gasteiger partial charge is 0.489 e. The van der Waals surface area contributed by atoms with Crippen LogP contribution in [0.1, 0.15) is 59.8 Å². The third-order valence-electron chi connectivity index (χ3n) is 2.97. The lowest BCUT2D eigenvalue weighted by atomic mass is 10.1. The number of ether oxygens (including phenoxy) is 1. The molecule has 0 aromatic heterocycles. The average Bonchev–Trinajstić information content (AvgIpc) is 2.37. The Morgan fingerprint density at radius 1 is 1.16 bits per heavy atom. The molecule has 0 unspecified atom stereocenters. The third kappa shape index (κ3) is 9.35. The fourth-order valence-electron chi connectivity index (χ4n) is 1.73. The van der Waals surface area contributed by atoms with E-state index in [0.29, 0.717) is 6.61 Å². The van der Waals surface area contributed by atoms with Crippen LogP contribution in [0.3, 0.4) is 0 Å². The van der Waals surface area contributed by atoms with Crippen LogP contribution in [-0.2, 0) is 4.74 Å². The Balaban J connectivity index is 4.17. The smallest absolute Gasteiger partial charge is 0.118 e. The van der Waals surface area contributed by atoms with Gasteiger partial charge in [0.1, 0.15) is 12.4 Å². The Morgan fingerprint density at radius 3 is 2.37 bits per heavy atom. The van der Waals surface area contributed by atoms with E-state index in [1.165, 1.54) is 36.0 Å². The summed E-state index contributed by atoms with van der Waals surface area (Å²) in [6, 6.07) is 0. The summed E-state index contributed by atoms with van der Waals surface area (Å²) in [5, 5.41) is 0. The molecule has 0 aromatic rings. The van der Waals surface area contributed by atoms with Gasteiger partial charge < -0.3 is 4.74 Å². The molecule has 0 heterocycles. The molecule has 0 saturated heterocycles. The maximum atomic E-state index is 5.84. The van der Waals surface area contributed by atoms with Crippen molar-refractivity contribution in [3.63, 3.8) is 0 Å². The number of unbranched alkanes of at least 4 members (excludes halogenated alkanes) is 2. The maximum absolute atomic E-state index is 5.84. The topological polar surface area (TPSA) is 9.23 Å². The SMILES string of the molecule is C=C(C)CC=C(C)C(=CC)OCC(=C)CCCCC. The molecule has 0 radical (unpaired) electrons. The summed E-state index contributed by atoms with van der Waals surface area (Å²) in [6.45, 7) is 17.0. The molecule has 0 aliphatic rings. The summed E-state index contributed by atoms with van der Waals surface area (Å²) in [4.78, 5) is 0. The molecular weight excluding hydrogens is 232 g/mol. The van der Waals surface area contributed by atoms with E-state index in [1.54, 1.807) is 0 Å². The zero-order chi connectivity index (χ0) is 14.7. The second kappa shape index (κ2) is 10.7. The van der Waals surface area contributed by atoms with Gasteiger partial charge in [-0.3, -0.25) is 0 Å². The van der Waals surface area contributed by atoms with E-state index in [2.05, 4.69) is 33.1 Å². The molecule has 19 heavy (non-hydrogen) atoms. The molecule has 0 amide bonds. The molecule has 0 saturated carbocycles. The quantitative estimate of drug-likeness (QED) is 0.204. The zero-order valence-corrected chi connectivity index (χ0v) is 13.2. The van der Waals surface area contributed by atoms with Gasteiger partial charge in [-0.05, 0) is 57.3 Å². The van der Waals surface area contributed by atoms with Gasteiger partial charge in [-0.15, -0.1) is 0 Å². The van der Waals surface area contributed by atoms with Gasteiger partial charge in [0, 0.05) is 0 Å². The van der Waals surface area contributed by atoms with Crippen LogP contribution < -0.4 is 0 Å². The van der Waals surface area contributed by atoms with Crippen LogP contribution in [0, 0.1) is 0 Å². The Labute approximate surface area is 119 Å². The first-order chi connectivity index (χ1) is 9.01. The van der Waals surface area contributed by atoms with Gasteiger partial charge in [0.15, 0.2) is 0 Å². The Hall–Kier alpha value is -1.24. The Bertz CT molecular complexity index is 345. The third-order valence-corrected chi connectivity index (χ3v) is 2.97. The van der Waals surface area contributed by atoms with Gasteiger partial charge in [0.05, 0.1) is 0 Å². The summed E-state index contributed by atoms with van der Waals surface area (Å²) >= 11 is 0. The molecule has 0 rings (SSSR count). The summed E-state index contributed by atoms with van der Waals surface area (Å²) in [7, 11) is 0. The lowest BCUT2D eigenvalue weighted by molar-refractivity contribution is 0.244. The second-order valence-corrected chi connectivity index (χ2v) is 5.20. The number of allylic oxidation sites excluding steroid dienone is 4. The van der Waals surface area contributed by atoms with Gasteiger partial charge in [-0.1, -0.05) is 44.6 Å². The molecular formula is C18H30O. The molecule has 108 valence electrons. The van der Waals surface area contributed by atoms with Gasteiger partial charge in [-0.25, -0.2) is 0 Å². The standard InChI is InChI=1S/C18H30O/c1-7-9-10-11-16(5)14-19-18(8-2)17(6)13-12-15(3)4/h8,13H,3,5,7,9-12,14H2,1-2,4,6H3. The van der Waals surface area contributed by atoms with Gasteiger partial charge >= 0.3 is 0 Å². The average molecular weight is 262 g/mol. The monoisotopic (exact) mass is 262 g/mol. The van der Waals surface area contributed by atoms with Crippen molar-refractivity contribution in [2.75, 3.05) is 6.61 Å². The highest BCUT2D eigenvalue weighted by Crippen LogP contribution is 2.16. The van der Waals surface area contributed by atoms with Crippen molar-refractivity contribution in [3.05, 3.63) is 47.8 Å². The zero-order valence-electron chi connectivity index (χ0n) is 13.2. The highest BCUT2D eigenvalue weighted by atomic mass is 16.5. The Kier molecular flexibility index (Phi) is 9.97. The molecule has 1 nitrogen and oxygen atoms in total. The van der Waals surface area contributed by atoms with Crippen LogP contribution in [0.15, 0.2) is 47.8 Å². The van der Waals surface area contributed by atoms with Crippen molar-refractivity contribution in [3.8, 4) is 0 Å². The van der Waals surface area contributed by atoms with E-state index >= 15 is 0 Å². The Morgan fingerprint density at radius 2 is 1.84 bits per heavy atom. The normalized spacial score (nSPS) is 12.4. The minimum atomic E-state index is 0.627. The highest BCUT2D eigenvalue weighted by molar-refractivity contribution is 5.25. The van der Waals surface area contributed by atoms with E-state index in [0.717, 1.165) is 18.6 Å². The lowest BCUT2D eigenvalue weighted by Crippen LogP contribution is -1.99. The fourth-order valence-corrected chi connectivity index (χ4v) is 1.73. The van der Waals surface area contributed by atoms with Crippen LogP contribution in [0.4, 0.5) is 0 Å². The molecule has 0 aliphatic carbocycles.